The first kappa shape index (κ1) is 11.4. The van der Waals surface area contributed by atoms with Crippen molar-refractivity contribution < 1.29 is 0 Å². The monoisotopic (exact) mass is 210 g/mol. The van der Waals surface area contributed by atoms with Gasteiger partial charge in [-0.05, 0) is 0 Å². The summed E-state index contributed by atoms with van der Waals surface area (Å²) in [6.07, 6.45) is 1.82. The third-order valence-corrected chi connectivity index (χ3v) is 2.15. The van der Waals surface area contributed by atoms with Crippen LogP contribution in [-0.2, 0) is 13.6 Å². The van der Waals surface area contributed by atoms with Crippen LogP contribution in [0.4, 0.5) is 5.95 Å². The molecule has 0 aliphatic heterocycles. The number of rotatable bonds is 3. The van der Waals surface area contributed by atoms with Gasteiger partial charge in [0.1, 0.15) is 0 Å². The molecule has 0 saturated carbocycles. The SMILES string of the molecule is CN=C(N)NCc1cnc(N(C)C)n1C. The number of anilines is 1. The predicted molar refractivity (Wildman–Crippen MR) is 61.9 cm³/mol. The molecule has 3 N–H and O–H groups in total. The molecule has 0 fully saturated rings. The van der Waals surface area contributed by atoms with Gasteiger partial charge in [-0.25, -0.2) is 4.98 Å². The van der Waals surface area contributed by atoms with E-state index in [2.05, 4.69) is 15.3 Å². The Morgan fingerprint density at radius 1 is 1.67 bits per heavy atom. The van der Waals surface area contributed by atoms with Gasteiger partial charge >= 0.3 is 0 Å². The minimum Gasteiger partial charge on any atom is -0.370 e. The number of hydrogen-bond donors (Lipinski definition) is 2. The first-order valence-corrected chi connectivity index (χ1v) is 4.70. The van der Waals surface area contributed by atoms with Crippen molar-refractivity contribution in [3.05, 3.63) is 11.9 Å². The van der Waals surface area contributed by atoms with E-state index < -0.39 is 0 Å². The molecule has 0 aliphatic rings. The highest BCUT2D eigenvalue weighted by atomic mass is 15.3. The molecule has 15 heavy (non-hydrogen) atoms. The van der Waals surface area contributed by atoms with E-state index in [1.165, 1.54) is 0 Å². The van der Waals surface area contributed by atoms with Crippen LogP contribution in [0, 0.1) is 0 Å². The number of aliphatic imine (C=N–C) groups is 1. The van der Waals surface area contributed by atoms with E-state index in [1.54, 1.807) is 7.05 Å². The Hall–Kier alpha value is -1.72. The number of imidazole rings is 1. The summed E-state index contributed by atoms with van der Waals surface area (Å²) in [5.41, 5.74) is 6.60. The number of aromatic nitrogens is 2. The highest BCUT2D eigenvalue weighted by molar-refractivity contribution is 5.77. The molecule has 6 heteroatoms. The Morgan fingerprint density at radius 3 is 2.80 bits per heavy atom. The number of nitrogens with two attached hydrogens (primary N) is 1. The topological polar surface area (TPSA) is 71.5 Å². The third kappa shape index (κ3) is 2.61. The van der Waals surface area contributed by atoms with E-state index in [4.69, 9.17) is 5.73 Å². The zero-order valence-electron chi connectivity index (χ0n) is 9.65. The van der Waals surface area contributed by atoms with Crippen LogP contribution in [0.2, 0.25) is 0 Å². The van der Waals surface area contributed by atoms with Crippen LogP contribution < -0.4 is 16.0 Å². The smallest absolute Gasteiger partial charge is 0.204 e. The molecule has 0 aliphatic carbocycles. The lowest BCUT2D eigenvalue weighted by Gasteiger charge is -2.12. The Bertz CT molecular complexity index is 351. The molecule has 1 aromatic rings. The molecule has 1 aromatic heterocycles. The molecule has 84 valence electrons. The van der Waals surface area contributed by atoms with Crippen LogP contribution in [0.5, 0.6) is 0 Å². The average molecular weight is 210 g/mol. The number of guanidine groups is 1. The lowest BCUT2D eigenvalue weighted by atomic mass is 10.4. The Kier molecular flexibility index (Phi) is 3.54. The summed E-state index contributed by atoms with van der Waals surface area (Å²) in [6.45, 7) is 0.626. The molecule has 0 aromatic carbocycles. The van der Waals surface area contributed by atoms with E-state index in [9.17, 15) is 0 Å². The third-order valence-electron chi connectivity index (χ3n) is 2.15. The highest BCUT2D eigenvalue weighted by Crippen LogP contribution is 2.10. The molecular weight excluding hydrogens is 192 g/mol. The minimum absolute atomic E-state index is 0.433. The van der Waals surface area contributed by atoms with Crippen molar-refractivity contribution in [2.75, 3.05) is 26.0 Å². The van der Waals surface area contributed by atoms with Gasteiger partial charge in [0.05, 0.1) is 18.4 Å². The molecule has 0 unspecified atom stereocenters. The molecule has 1 rings (SSSR count). The maximum absolute atomic E-state index is 5.54. The highest BCUT2D eigenvalue weighted by Gasteiger charge is 2.07. The van der Waals surface area contributed by atoms with E-state index in [1.807, 2.05) is 36.8 Å². The lowest BCUT2D eigenvalue weighted by molar-refractivity contribution is 0.764. The second-order valence-corrected chi connectivity index (χ2v) is 3.47. The molecule has 0 amide bonds. The van der Waals surface area contributed by atoms with E-state index >= 15 is 0 Å². The summed E-state index contributed by atoms with van der Waals surface area (Å²) in [5, 5.41) is 2.99. The zero-order valence-corrected chi connectivity index (χ0v) is 9.65. The fourth-order valence-corrected chi connectivity index (χ4v) is 1.27. The quantitative estimate of drug-likeness (QED) is 0.522. The van der Waals surface area contributed by atoms with Crippen molar-refractivity contribution in [3.8, 4) is 0 Å². The van der Waals surface area contributed by atoms with E-state index in [-0.39, 0.29) is 0 Å². The van der Waals surface area contributed by atoms with Crippen molar-refractivity contribution in [2.45, 2.75) is 6.54 Å². The van der Waals surface area contributed by atoms with Gasteiger partial charge in [0.25, 0.3) is 0 Å². The van der Waals surface area contributed by atoms with Crippen molar-refractivity contribution in [2.24, 2.45) is 17.8 Å². The van der Waals surface area contributed by atoms with Gasteiger partial charge in [-0.1, -0.05) is 0 Å². The van der Waals surface area contributed by atoms with Gasteiger partial charge in [-0.3, -0.25) is 4.99 Å². The molecule has 6 nitrogen and oxygen atoms in total. The second-order valence-electron chi connectivity index (χ2n) is 3.47. The fraction of sp³-hybridized carbons (Fsp3) is 0.556. The van der Waals surface area contributed by atoms with Crippen molar-refractivity contribution in [1.29, 1.82) is 0 Å². The van der Waals surface area contributed by atoms with Crippen molar-refractivity contribution >= 4 is 11.9 Å². The van der Waals surface area contributed by atoms with Gasteiger partial charge < -0.3 is 20.5 Å². The number of nitrogens with zero attached hydrogens (tertiary/aromatic N) is 4. The summed E-state index contributed by atoms with van der Waals surface area (Å²) in [5.74, 6) is 1.35. The maximum Gasteiger partial charge on any atom is 0.204 e. The minimum atomic E-state index is 0.433. The summed E-state index contributed by atoms with van der Waals surface area (Å²) >= 11 is 0. The van der Waals surface area contributed by atoms with Crippen molar-refractivity contribution in [3.63, 3.8) is 0 Å². The first-order valence-electron chi connectivity index (χ1n) is 4.70. The fourth-order valence-electron chi connectivity index (χ4n) is 1.27. The van der Waals surface area contributed by atoms with Crippen LogP contribution in [0.25, 0.3) is 0 Å². The van der Waals surface area contributed by atoms with Gasteiger partial charge in [0.15, 0.2) is 5.96 Å². The second kappa shape index (κ2) is 4.68. The van der Waals surface area contributed by atoms with Gasteiger partial charge in [-0.15, -0.1) is 0 Å². The summed E-state index contributed by atoms with van der Waals surface area (Å²) in [7, 11) is 7.54. The maximum atomic E-state index is 5.54. The summed E-state index contributed by atoms with van der Waals surface area (Å²) in [4.78, 5) is 10.1. The van der Waals surface area contributed by atoms with Gasteiger partial charge in [0.2, 0.25) is 5.95 Å². The molecule has 0 radical (unpaired) electrons. The Labute approximate surface area is 89.8 Å². The van der Waals surface area contributed by atoms with Gasteiger partial charge in [-0.2, -0.15) is 0 Å². The van der Waals surface area contributed by atoms with Crippen LogP contribution in [0.15, 0.2) is 11.2 Å². The van der Waals surface area contributed by atoms with Crippen LogP contribution in [0.3, 0.4) is 0 Å². The normalized spacial score (nSPS) is 11.6. The zero-order chi connectivity index (χ0) is 11.4. The van der Waals surface area contributed by atoms with Crippen LogP contribution >= 0.6 is 0 Å². The lowest BCUT2D eigenvalue weighted by Crippen LogP contribution is -2.31. The number of hydrogen-bond acceptors (Lipinski definition) is 3. The average Bonchev–Trinajstić information content (AvgIpc) is 2.56. The van der Waals surface area contributed by atoms with E-state index in [0.29, 0.717) is 12.5 Å². The van der Waals surface area contributed by atoms with Crippen LogP contribution in [0.1, 0.15) is 5.69 Å². The first-order chi connectivity index (χ1) is 7.06. The van der Waals surface area contributed by atoms with Crippen molar-refractivity contribution in [1.82, 2.24) is 14.9 Å². The molecule has 0 bridgehead atoms. The molecular formula is C9H18N6. The predicted octanol–water partition coefficient (Wildman–Crippen LogP) is -0.480. The summed E-state index contributed by atoms with van der Waals surface area (Å²) in [6, 6.07) is 0. The van der Waals surface area contributed by atoms with E-state index in [0.717, 1.165) is 11.6 Å². The molecule has 0 saturated heterocycles. The molecule has 0 atom stereocenters. The standard InChI is InChI=1S/C9H18N6/c1-11-8(10)12-5-7-6-13-9(14(2)3)15(7)4/h6H,5H2,1-4H3,(H3,10,11,12). The summed E-state index contributed by atoms with van der Waals surface area (Å²) < 4.78 is 2.01. The Morgan fingerprint density at radius 2 is 2.33 bits per heavy atom. The molecule has 0 spiro atoms. The van der Waals surface area contributed by atoms with Gasteiger partial charge in [0, 0.05) is 28.2 Å². The Balaban J connectivity index is 2.71. The van der Waals surface area contributed by atoms with Crippen LogP contribution in [-0.4, -0.2) is 36.7 Å². The molecule has 1 heterocycles. The number of nitrogens with one attached hydrogen (secondary N) is 1. The largest absolute Gasteiger partial charge is 0.370 e.